The predicted molar refractivity (Wildman–Crippen MR) is 125 cm³/mol. The molecule has 0 bridgehead atoms. The van der Waals surface area contributed by atoms with E-state index in [1.165, 1.54) is 4.68 Å². The van der Waals surface area contributed by atoms with E-state index >= 15 is 0 Å². The van der Waals surface area contributed by atoms with Crippen molar-refractivity contribution < 1.29 is 4.79 Å². The molecule has 0 fully saturated rings. The summed E-state index contributed by atoms with van der Waals surface area (Å²) in [6, 6.07) is 5.63. The largest absolute Gasteiger partial charge is 0.372 e. The first-order valence-electron chi connectivity index (χ1n) is 10.6. The molecule has 1 aromatic heterocycles. The molecule has 0 unspecified atom stereocenters. The molecule has 0 saturated heterocycles. The van der Waals surface area contributed by atoms with Crippen molar-refractivity contribution in [2.24, 2.45) is 10.1 Å². The molecule has 0 atom stereocenters. The molecule has 31 heavy (non-hydrogen) atoms. The van der Waals surface area contributed by atoms with Crippen LogP contribution in [0.5, 0.6) is 0 Å². The van der Waals surface area contributed by atoms with Crippen LogP contribution in [0.15, 0.2) is 33.1 Å². The van der Waals surface area contributed by atoms with Gasteiger partial charge >= 0.3 is 0 Å². The summed E-state index contributed by atoms with van der Waals surface area (Å²) in [5.74, 6) is 0.279. The molecule has 164 valence electrons. The maximum Gasteiger partial charge on any atom is 0.277 e. The smallest absolute Gasteiger partial charge is 0.277 e. The Morgan fingerprint density at radius 3 is 2.48 bits per heavy atom. The van der Waals surface area contributed by atoms with Gasteiger partial charge in [-0.3, -0.25) is 9.59 Å². The van der Waals surface area contributed by atoms with Gasteiger partial charge in [0.25, 0.3) is 11.5 Å². The molecular weight excluding hydrogens is 392 g/mol. The summed E-state index contributed by atoms with van der Waals surface area (Å²) in [6.45, 7) is 13.4. The summed E-state index contributed by atoms with van der Waals surface area (Å²) < 4.78 is 1.30. The summed E-state index contributed by atoms with van der Waals surface area (Å²) in [6.07, 6.45) is 0. The second-order valence-electron chi connectivity index (χ2n) is 7.82. The van der Waals surface area contributed by atoms with E-state index in [0.29, 0.717) is 34.1 Å². The molecule has 0 radical (unpaired) electrons. The molecule has 8 nitrogen and oxygen atoms in total. The summed E-state index contributed by atoms with van der Waals surface area (Å²) >= 11 is 0. The lowest BCUT2D eigenvalue weighted by Crippen LogP contribution is -2.26. The Labute approximate surface area is 182 Å². The number of anilines is 1. The van der Waals surface area contributed by atoms with Crippen molar-refractivity contribution in [3.8, 4) is 0 Å². The highest BCUT2D eigenvalue weighted by Crippen LogP contribution is 2.27. The van der Waals surface area contributed by atoms with Gasteiger partial charge in [-0.2, -0.15) is 9.78 Å². The molecule has 0 saturated carbocycles. The minimum absolute atomic E-state index is 0.0931. The average molecular weight is 423 g/mol. The van der Waals surface area contributed by atoms with Gasteiger partial charge in [-0.25, -0.2) is 9.98 Å². The van der Waals surface area contributed by atoms with Crippen LogP contribution in [0.4, 0.5) is 11.4 Å². The zero-order chi connectivity index (χ0) is 22.9. The van der Waals surface area contributed by atoms with Gasteiger partial charge in [0, 0.05) is 31.4 Å². The first-order chi connectivity index (χ1) is 14.7. The Balaban J connectivity index is 2.20. The fourth-order valence-electron chi connectivity index (χ4n) is 3.75. The second-order valence-corrected chi connectivity index (χ2v) is 7.82. The van der Waals surface area contributed by atoms with Crippen LogP contribution in [0.25, 0.3) is 0 Å². The minimum Gasteiger partial charge on any atom is -0.372 e. The van der Waals surface area contributed by atoms with Gasteiger partial charge in [0.2, 0.25) is 0 Å². The van der Waals surface area contributed by atoms with E-state index in [1.807, 2.05) is 32.0 Å². The number of carbonyl (C=O) groups is 1. The quantitative estimate of drug-likeness (QED) is 0.774. The molecule has 1 aliphatic heterocycles. The highest BCUT2D eigenvalue weighted by molar-refractivity contribution is 6.48. The van der Waals surface area contributed by atoms with Crippen molar-refractivity contribution in [3.05, 3.63) is 51.2 Å². The number of hydrogen-bond donors (Lipinski definition) is 1. The number of hydrogen-bond acceptors (Lipinski definition) is 6. The number of carbonyl (C=O) groups excluding carboxylic acids is 1. The van der Waals surface area contributed by atoms with Crippen molar-refractivity contribution in [2.45, 2.75) is 47.5 Å². The predicted octanol–water partition coefficient (Wildman–Crippen LogP) is 3.24. The van der Waals surface area contributed by atoms with Crippen molar-refractivity contribution in [3.63, 3.8) is 0 Å². The molecule has 0 aliphatic carbocycles. The Hall–Kier alpha value is -3.29. The first-order valence-corrected chi connectivity index (χ1v) is 10.6. The van der Waals surface area contributed by atoms with E-state index in [4.69, 9.17) is 9.98 Å². The van der Waals surface area contributed by atoms with E-state index in [9.17, 15) is 9.59 Å². The molecule has 1 amide bonds. The topological polar surface area (TPSA) is 92.0 Å². The monoisotopic (exact) mass is 422 g/mol. The van der Waals surface area contributed by atoms with Gasteiger partial charge in [-0.15, -0.1) is 0 Å². The third-order valence-electron chi connectivity index (χ3n) is 5.49. The van der Waals surface area contributed by atoms with E-state index in [2.05, 4.69) is 29.2 Å². The van der Waals surface area contributed by atoms with Gasteiger partial charge in [-0.05, 0) is 51.8 Å². The van der Waals surface area contributed by atoms with Crippen LogP contribution in [0.1, 0.15) is 68.0 Å². The van der Waals surface area contributed by atoms with Gasteiger partial charge < -0.3 is 10.2 Å². The Morgan fingerprint density at radius 2 is 1.90 bits per heavy atom. The van der Waals surface area contributed by atoms with E-state index in [1.54, 1.807) is 20.9 Å². The number of benzene rings is 1. The number of aromatic nitrogens is 2. The van der Waals surface area contributed by atoms with Crippen molar-refractivity contribution in [1.82, 2.24) is 15.0 Å². The molecule has 1 N–H and O–H groups in total. The number of fused-ring (bicyclic) bond motifs is 1. The Morgan fingerprint density at radius 1 is 1.23 bits per heavy atom. The second kappa shape index (κ2) is 8.83. The van der Waals surface area contributed by atoms with Crippen molar-refractivity contribution in [1.29, 1.82) is 0 Å². The zero-order valence-electron chi connectivity index (χ0n) is 19.3. The number of nitrogens with one attached hydrogen (secondary N) is 1. The third-order valence-corrected chi connectivity index (χ3v) is 5.49. The van der Waals surface area contributed by atoms with Crippen LogP contribution >= 0.6 is 0 Å². The van der Waals surface area contributed by atoms with Crippen LogP contribution in [0, 0.1) is 6.92 Å². The lowest BCUT2D eigenvalue weighted by Gasteiger charge is -2.22. The Bertz CT molecular complexity index is 1140. The molecule has 8 heteroatoms. The van der Waals surface area contributed by atoms with E-state index in [0.717, 1.165) is 24.5 Å². The van der Waals surface area contributed by atoms with E-state index in [-0.39, 0.29) is 17.4 Å². The van der Waals surface area contributed by atoms with Gasteiger partial charge in [0.15, 0.2) is 5.82 Å². The number of aliphatic imine (C=N–C) groups is 1. The maximum absolute atomic E-state index is 12.8. The standard InChI is InChI=1S/C23H30N6O2/c1-8-28(9-2)16-10-11-18(17(12-16)22(30)24-7)25-20-15(6)27-29-21(20)26-19(13(3)4)14(5)23(29)31/h10-13H,8-9H2,1-7H3,(H,24,30). The molecular formula is C23H30N6O2. The van der Waals surface area contributed by atoms with Gasteiger partial charge in [-0.1, -0.05) is 13.8 Å². The first kappa shape index (κ1) is 22.4. The van der Waals surface area contributed by atoms with E-state index < -0.39 is 0 Å². The molecule has 1 aliphatic rings. The molecule has 0 spiro atoms. The van der Waals surface area contributed by atoms with Crippen molar-refractivity contribution >= 4 is 28.7 Å². The van der Waals surface area contributed by atoms with Gasteiger partial charge in [0.1, 0.15) is 5.71 Å². The fourth-order valence-corrected chi connectivity index (χ4v) is 3.75. The van der Waals surface area contributed by atoms with Crippen LogP contribution < -0.4 is 15.8 Å². The Kier molecular flexibility index (Phi) is 6.38. The zero-order valence-corrected chi connectivity index (χ0v) is 19.3. The molecule has 1 aromatic carbocycles. The van der Waals surface area contributed by atoms with Crippen LogP contribution in [-0.2, 0) is 0 Å². The van der Waals surface area contributed by atoms with Crippen LogP contribution in [0.2, 0.25) is 0 Å². The molecule has 2 aromatic rings. The minimum atomic E-state index is -0.224. The van der Waals surface area contributed by atoms with Crippen LogP contribution in [-0.4, -0.2) is 47.1 Å². The maximum atomic E-state index is 12.8. The summed E-state index contributed by atoms with van der Waals surface area (Å²) in [5, 5.41) is 7.07. The number of nitrogens with zero attached hydrogens (tertiary/aromatic N) is 5. The highest BCUT2D eigenvalue weighted by Gasteiger charge is 2.27. The number of amides is 1. The summed E-state index contributed by atoms with van der Waals surface area (Å²) in [5.41, 5.74) is 4.14. The van der Waals surface area contributed by atoms with Crippen LogP contribution in [0.3, 0.4) is 0 Å². The lowest BCUT2D eigenvalue weighted by molar-refractivity contribution is 0.0964. The summed E-state index contributed by atoms with van der Waals surface area (Å²) in [7, 11) is 1.60. The van der Waals surface area contributed by atoms with Gasteiger partial charge in [0.05, 0.1) is 22.7 Å². The summed E-state index contributed by atoms with van der Waals surface area (Å²) in [4.78, 5) is 37.1. The lowest BCUT2D eigenvalue weighted by atomic mass is 10.1. The highest BCUT2D eigenvalue weighted by atomic mass is 16.1. The fraction of sp³-hybridized carbons (Fsp3) is 0.435. The molecule has 3 rings (SSSR count). The third kappa shape index (κ3) is 4.02. The van der Waals surface area contributed by atoms with Crippen molar-refractivity contribution in [2.75, 3.05) is 25.0 Å². The normalized spacial score (nSPS) is 14.1. The number of rotatable bonds is 6. The average Bonchev–Trinajstić information content (AvgIpc) is 3.07. The molecule has 2 heterocycles. The SMILES string of the molecule is CCN(CC)c1ccc(N=C2C(C)=Nn3c2nc(C(C)C)c(C)c3=O)c(C(=O)NC)c1.